The fraction of sp³-hybridized carbons (Fsp3) is 0.130. The lowest BCUT2D eigenvalue weighted by molar-refractivity contribution is -0.131. The van der Waals surface area contributed by atoms with Crippen molar-refractivity contribution in [3.63, 3.8) is 0 Å². The summed E-state index contributed by atoms with van der Waals surface area (Å²) in [5.41, 5.74) is 0.697. The van der Waals surface area contributed by atoms with Gasteiger partial charge < -0.3 is 10.4 Å². The van der Waals surface area contributed by atoms with Crippen molar-refractivity contribution in [2.45, 2.75) is 11.6 Å². The first kappa shape index (κ1) is 17.9. The van der Waals surface area contributed by atoms with Crippen LogP contribution in [0.1, 0.15) is 22.8 Å². The molecule has 1 heterocycles. The summed E-state index contributed by atoms with van der Waals surface area (Å²) in [4.78, 5) is 27.4. The van der Waals surface area contributed by atoms with Crippen LogP contribution in [0.4, 0.5) is 4.79 Å². The van der Waals surface area contributed by atoms with E-state index in [0.717, 1.165) is 4.90 Å². The minimum Gasteiger partial charge on any atom is -0.387 e. The molecule has 1 aliphatic rings. The van der Waals surface area contributed by atoms with Crippen molar-refractivity contribution in [1.29, 1.82) is 0 Å². The van der Waals surface area contributed by atoms with Gasteiger partial charge in [0.15, 0.2) is 5.54 Å². The maximum atomic E-state index is 13.5. The van der Waals surface area contributed by atoms with Crippen LogP contribution in [0.3, 0.4) is 0 Å². The zero-order valence-electron chi connectivity index (χ0n) is 15.2. The Morgan fingerprint density at radius 3 is 1.75 bits per heavy atom. The minimum absolute atomic E-state index is 0.115. The number of carbonyl (C=O) groups is 2. The summed E-state index contributed by atoms with van der Waals surface area (Å²) in [6.07, 6.45) is -0.960. The smallest absolute Gasteiger partial charge is 0.325 e. The molecule has 1 saturated heterocycles. The molecule has 28 heavy (non-hydrogen) atoms. The van der Waals surface area contributed by atoms with Gasteiger partial charge in [0.05, 0.1) is 12.6 Å². The first-order valence-electron chi connectivity index (χ1n) is 9.11. The SMILES string of the molecule is O=C1NC(c2ccccc2)(c2ccccc2)C(=O)N1CC(O)c1ccccc1. The predicted molar refractivity (Wildman–Crippen MR) is 105 cm³/mol. The summed E-state index contributed by atoms with van der Waals surface area (Å²) < 4.78 is 0. The molecule has 4 rings (SSSR count). The third-order valence-electron chi connectivity index (χ3n) is 5.06. The molecule has 0 aromatic heterocycles. The summed E-state index contributed by atoms with van der Waals surface area (Å²) in [6.45, 7) is -0.115. The summed E-state index contributed by atoms with van der Waals surface area (Å²) in [6, 6.07) is 26.8. The monoisotopic (exact) mass is 372 g/mol. The summed E-state index contributed by atoms with van der Waals surface area (Å²) >= 11 is 0. The first-order chi connectivity index (χ1) is 13.6. The summed E-state index contributed by atoms with van der Waals surface area (Å²) in [5.74, 6) is -0.398. The molecule has 0 bridgehead atoms. The van der Waals surface area contributed by atoms with Crippen LogP contribution >= 0.6 is 0 Å². The number of nitrogens with zero attached hydrogens (tertiary/aromatic N) is 1. The van der Waals surface area contributed by atoms with Crippen LogP contribution in [-0.2, 0) is 10.3 Å². The second kappa shape index (κ2) is 7.29. The number of β-amino-alcohol motifs (C(OH)–C–C–N with tert-alkyl or cyclic N) is 1. The lowest BCUT2D eigenvalue weighted by atomic mass is 9.82. The molecule has 3 amide bonds. The number of nitrogens with one attached hydrogen (secondary N) is 1. The van der Waals surface area contributed by atoms with Crippen molar-refractivity contribution in [2.75, 3.05) is 6.54 Å². The van der Waals surface area contributed by atoms with Gasteiger partial charge in [0.1, 0.15) is 0 Å². The van der Waals surface area contributed by atoms with Gasteiger partial charge in [-0.2, -0.15) is 0 Å². The number of aliphatic hydroxyl groups is 1. The van der Waals surface area contributed by atoms with E-state index in [9.17, 15) is 14.7 Å². The van der Waals surface area contributed by atoms with E-state index in [2.05, 4.69) is 5.32 Å². The van der Waals surface area contributed by atoms with E-state index in [1.807, 2.05) is 78.9 Å². The standard InChI is InChI=1S/C23H20N2O3/c26-20(17-10-4-1-5-11-17)16-25-21(27)23(24-22(25)28,18-12-6-2-7-13-18)19-14-8-3-9-15-19/h1-15,20,26H,16H2,(H,24,28). The molecule has 140 valence electrons. The highest BCUT2D eigenvalue weighted by Crippen LogP contribution is 2.36. The second-order valence-corrected chi connectivity index (χ2v) is 6.75. The van der Waals surface area contributed by atoms with Gasteiger partial charge in [0, 0.05) is 0 Å². The molecule has 1 aliphatic heterocycles. The fourth-order valence-electron chi connectivity index (χ4n) is 3.63. The third-order valence-corrected chi connectivity index (χ3v) is 5.06. The van der Waals surface area contributed by atoms with Crippen LogP contribution in [0.2, 0.25) is 0 Å². The van der Waals surface area contributed by atoms with Crippen molar-refractivity contribution < 1.29 is 14.7 Å². The molecule has 1 unspecified atom stereocenters. The molecule has 0 saturated carbocycles. The number of hydrogen-bond donors (Lipinski definition) is 2. The zero-order chi connectivity index (χ0) is 19.6. The van der Waals surface area contributed by atoms with Crippen molar-refractivity contribution in [3.05, 3.63) is 108 Å². The van der Waals surface area contributed by atoms with Crippen LogP contribution in [0.25, 0.3) is 0 Å². The Hall–Kier alpha value is -3.44. The van der Waals surface area contributed by atoms with Gasteiger partial charge in [-0.25, -0.2) is 4.79 Å². The first-order valence-corrected chi connectivity index (χ1v) is 9.11. The second-order valence-electron chi connectivity index (χ2n) is 6.75. The highest BCUT2D eigenvalue weighted by Gasteiger charge is 2.53. The maximum Gasteiger partial charge on any atom is 0.325 e. The minimum atomic E-state index is -1.31. The van der Waals surface area contributed by atoms with Crippen molar-refractivity contribution >= 4 is 11.9 Å². The van der Waals surface area contributed by atoms with Crippen molar-refractivity contribution in [3.8, 4) is 0 Å². The van der Waals surface area contributed by atoms with E-state index in [1.165, 1.54) is 0 Å². The Balaban J connectivity index is 1.73. The highest BCUT2D eigenvalue weighted by atomic mass is 16.3. The lowest BCUT2D eigenvalue weighted by Crippen LogP contribution is -2.45. The van der Waals surface area contributed by atoms with E-state index in [4.69, 9.17) is 0 Å². The molecule has 5 nitrogen and oxygen atoms in total. The molecule has 5 heteroatoms. The maximum absolute atomic E-state index is 13.5. The quantitative estimate of drug-likeness (QED) is 0.676. The van der Waals surface area contributed by atoms with Gasteiger partial charge in [0.25, 0.3) is 5.91 Å². The predicted octanol–water partition coefficient (Wildman–Crippen LogP) is 3.22. The van der Waals surface area contributed by atoms with E-state index in [1.54, 1.807) is 12.1 Å². The Kier molecular flexibility index (Phi) is 4.67. The van der Waals surface area contributed by atoms with Gasteiger partial charge >= 0.3 is 6.03 Å². The molecular formula is C23H20N2O3. The largest absolute Gasteiger partial charge is 0.387 e. The zero-order valence-corrected chi connectivity index (χ0v) is 15.2. The van der Waals surface area contributed by atoms with Crippen LogP contribution < -0.4 is 5.32 Å². The van der Waals surface area contributed by atoms with Crippen LogP contribution in [0.5, 0.6) is 0 Å². The Bertz CT molecular complexity index is 935. The number of imide groups is 1. The third kappa shape index (κ3) is 2.96. The normalized spacial score (nSPS) is 16.7. The topological polar surface area (TPSA) is 69.6 Å². The molecule has 0 radical (unpaired) electrons. The highest BCUT2D eigenvalue weighted by molar-refractivity contribution is 6.09. The van der Waals surface area contributed by atoms with Gasteiger partial charge in [-0.3, -0.25) is 9.69 Å². The number of urea groups is 1. The van der Waals surface area contributed by atoms with E-state index in [-0.39, 0.29) is 6.54 Å². The van der Waals surface area contributed by atoms with E-state index < -0.39 is 23.6 Å². The number of benzene rings is 3. The summed E-state index contributed by atoms with van der Waals surface area (Å²) in [7, 11) is 0. The molecule has 0 aliphatic carbocycles. The number of aliphatic hydroxyl groups excluding tert-OH is 1. The van der Waals surface area contributed by atoms with Crippen LogP contribution in [0, 0.1) is 0 Å². The number of carbonyl (C=O) groups excluding carboxylic acids is 2. The lowest BCUT2D eigenvalue weighted by Gasteiger charge is -2.28. The summed E-state index contributed by atoms with van der Waals surface area (Å²) in [5, 5.41) is 13.4. The molecule has 1 atom stereocenters. The molecule has 3 aromatic carbocycles. The van der Waals surface area contributed by atoms with E-state index >= 15 is 0 Å². The molecular weight excluding hydrogens is 352 g/mol. The van der Waals surface area contributed by atoms with Crippen LogP contribution in [-0.4, -0.2) is 28.5 Å². The molecule has 0 spiro atoms. The van der Waals surface area contributed by atoms with Crippen LogP contribution in [0.15, 0.2) is 91.0 Å². The average molecular weight is 372 g/mol. The number of rotatable bonds is 5. The molecule has 2 N–H and O–H groups in total. The van der Waals surface area contributed by atoms with Gasteiger partial charge in [-0.15, -0.1) is 0 Å². The van der Waals surface area contributed by atoms with Crippen molar-refractivity contribution in [2.24, 2.45) is 0 Å². The molecule has 3 aromatic rings. The Labute approximate surface area is 163 Å². The van der Waals surface area contributed by atoms with Gasteiger partial charge in [-0.05, 0) is 16.7 Å². The molecule has 1 fully saturated rings. The van der Waals surface area contributed by atoms with Gasteiger partial charge in [-0.1, -0.05) is 91.0 Å². The number of amides is 3. The Morgan fingerprint density at radius 1 is 0.786 bits per heavy atom. The van der Waals surface area contributed by atoms with Crippen molar-refractivity contribution in [1.82, 2.24) is 10.2 Å². The van der Waals surface area contributed by atoms with Gasteiger partial charge in [0.2, 0.25) is 0 Å². The average Bonchev–Trinajstić information content (AvgIpc) is 3.01. The van der Waals surface area contributed by atoms with E-state index in [0.29, 0.717) is 16.7 Å². The number of hydrogen-bond acceptors (Lipinski definition) is 3. The Morgan fingerprint density at radius 2 is 1.25 bits per heavy atom. The fourth-order valence-corrected chi connectivity index (χ4v) is 3.63.